The van der Waals surface area contributed by atoms with Gasteiger partial charge in [-0.05, 0) is 53.6 Å². The lowest BCUT2D eigenvalue weighted by Gasteiger charge is -2.13. The first kappa shape index (κ1) is 19.1. The van der Waals surface area contributed by atoms with Gasteiger partial charge in [0.1, 0.15) is 0 Å². The monoisotopic (exact) mass is 438 g/mol. The molecule has 0 saturated carbocycles. The predicted molar refractivity (Wildman–Crippen MR) is 91.4 cm³/mol. The van der Waals surface area contributed by atoms with Crippen molar-refractivity contribution < 1.29 is 29.3 Å². The summed E-state index contributed by atoms with van der Waals surface area (Å²) < 4.78 is 12.2. The molecule has 4 N–H and O–H groups in total. The molecule has 1 aromatic rings. The van der Waals surface area contributed by atoms with Gasteiger partial charge >= 0.3 is 12.2 Å². The van der Waals surface area contributed by atoms with Crippen molar-refractivity contribution in [1.29, 1.82) is 0 Å². The number of nitrogens with one attached hydrogen (secondary N) is 2. The van der Waals surface area contributed by atoms with Crippen LogP contribution in [0.25, 0.3) is 0 Å². The molecule has 2 amide bonds. The Morgan fingerprint density at radius 3 is 2.00 bits per heavy atom. The van der Waals surface area contributed by atoms with Crippen LogP contribution in [0.4, 0.5) is 9.59 Å². The van der Waals surface area contributed by atoms with Gasteiger partial charge in [-0.25, -0.2) is 9.59 Å². The minimum Gasteiger partial charge on any atom is -0.490 e. The van der Waals surface area contributed by atoms with Gasteiger partial charge in [0.25, 0.3) is 0 Å². The molecule has 128 valence electrons. The third-order valence-corrected chi connectivity index (χ3v) is 3.29. The van der Waals surface area contributed by atoms with Crippen molar-refractivity contribution in [3.63, 3.8) is 0 Å². The number of hydrogen-bond acceptors (Lipinski definition) is 4. The van der Waals surface area contributed by atoms with E-state index in [-0.39, 0.29) is 0 Å². The van der Waals surface area contributed by atoms with Crippen molar-refractivity contribution in [3.05, 3.63) is 21.8 Å². The van der Waals surface area contributed by atoms with Crippen LogP contribution in [-0.2, 0) is 0 Å². The maximum absolute atomic E-state index is 10.3. The highest BCUT2D eigenvalue weighted by Gasteiger charge is 2.06. The average molecular weight is 438 g/mol. The van der Waals surface area contributed by atoms with Crippen LogP contribution < -0.4 is 20.1 Å². The molecule has 0 bridgehead atoms. The Morgan fingerprint density at radius 1 is 0.957 bits per heavy atom. The summed E-state index contributed by atoms with van der Waals surface area (Å²) in [5.74, 6) is 1.16. The molecule has 0 heterocycles. The van der Waals surface area contributed by atoms with Crippen molar-refractivity contribution in [1.82, 2.24) is 10.6 Å². The number of carboxylic acid groups (broad SMARTS) is 2. The molecule has 1 rings (SSSR count). The molecule has 0 aromatic heterocycles. The van der Waals surface area contributed by atoms with Crippen LogP contribution in [0.3, 0.4) is 0 Å². The Hall–Kier alpha value is -1.91. The summed E-state index contributed by atoms with van der Waals surface area (Å²) >= 11 is 2.16. The Kier molecular flexibility index (Phi) is 8.95. The lowest BCUT2D eigenvalue weighted by Crippen LogP contribution is -2.23. The molecular weight excluding hydrogens is 419 g/mol. The molecular formula is C14H19IN2O6. The van der Waals surface area contributed by atoms with Gasteiger partial charge in [-0.3, -0.25) is 0 Å². The van der Waals surface area contributed by atoms with Gasteiger partial charge in [-0.1, -0.05) is 0 Å². The molecule has 0 unspecified atom stereocenters. The molecule has 0 fully saturated rings. The largest absolute Gasteiger partial charge is 0.490 e. The van der Waals surface area contributed by atoms with Crippen molar-refractivity contribution in [2.75, 3.05) is 26.3 Å². The van der Waals surface area contributed by atoms with Gasteiger partial charge in [0, 0.05) is 16.7 Å². The molecule has 0 aliphatic heterocycles. The van der Waals surface area contributed by atoms with Crippen LogP contribution in [0.1, 0.15) is 12.8 Å². The predicted octanol–water partition coefficient (Wildman–Crippen LogP) is 2.36. The van der Waals surface area contributed by atoms with Crippen molar-refractivity contribution in [2.24, 2.45) is 0 Å². The topological polar surface area (TPSA) is 117 Å². The molecule has 0 atom stereocenters. The fourth-order valence-electron chi connectivity index (χ4n) is 1.61. The fraction of sp³-hybridized carbons (Fsp3) is 0.429. The normalized spacial score (nSPS) is 9.96. The van der Waals surface area contributed by atoms with Gasteiger partial charge in [-0.2, -0.15) is 0 Å². The van der Waals surface area contributed by atoms with E-state index in [0.29, 0.717) is 50.6 Å². The van der Waals surface area contributed by atoms with Crippen LogP contribution in [0.15, 0.2) is 18.2 Å². The quantitative estimate of drug-likeness (QED) is 0.329. The van der Waals surface area contributed by atoms with Crippen LogP contribution in [0.2, 0.25) is 0 Å². The Labute approximate surface area is 147 Å². The third-order valence-electron chi connectivity index (χ3n) is 2.62. The SMILES string of the molecule is O=C(O)NCCCOc1ccc(I)cc1OCCCNC(=O)O. The molecule has 0 spiro atoms. The number of hydrogen-bond donors (Lipinski definition) is 4. The smallest absolute Gasteiger partial charge is 0.404 e. The van der Waals surface area contributed by atoms with Crippen molar-refractivity contribution in [2.45, 2.75) is 12.8 Å². The summed E-state index contributed by atoms with van der Waals surface area (Å²) in [6.07, 6.45) is -1.03. The minimum atomic E-state index is -1.06. The summed E-state index contributed by atoms with van der Waals surface area (Å²) in [5.41, 5.74) is 0. The second kappa shape index (κ2) is 10.8. The van der Waals surface area contributed by atoms with E-state index >= 15 is 0 Å². The third kappa shape index (κ3) is 8.96. The lowest BCUT2D eigenvalue weighted by atomic mass is 10.3. The van der Waals surface area contributed by atoms with E-state index in [1.165, 1.54) is 0 Å². The zero-order chi connectivity index (χ0) is 17.1. The summed E-state index contributed by atoms with van der Waals surface area (Å²) in [6, 6.07) is 5.50. The highest BCUT2D eigenvalue weighted by Crippen LogP contribution is 2.29. The summed E-state index contributed by atoms with van der Waals surface area (Å²) in [7, 11) is 0. The fourth-order valence-corrected chi connectivity index (χ4v) is 2.08. The Bertz CT molecular complexity index is 526. The highest BCUT2D eigenvalue weighted by atomic mass is 127. The molecule has 0 saturated heterocycles. The second-order valence-electron chi connectivity index (χ2n) is 4.46. The van der Waals surface area contributed by atoms with Crippen LogP contribution in [0, 0.1) is 3.57 Å². The Balaban J connectivity index is 2.39. The van der Waals surface area contributed by atoms with Crippen LogP contribution >= 0.6 is 22.6 Å². The summed E-state index contributed by atoms with van der Waals surface area (Å²) in [6.45, 7) is 1.35. The van der Waals surface area contributed by atoms with E-state index in [2.05, 4.69) is 33.2 Å². The average Bonchev–Trinajstić information content (AvgIpc) is 2.47. The number of carbonyl (C=O) groups is 2. The summed E-state index contributed by atoms with van der Waals surface area (Å²) in [4.78, 5) is 20.7. The van der Waals surface area contributed by atoms with Gasteiger partial charge in [0.15, 0.2) is 11.5 Å². The number of amides is 2. The maximum Gasteiger partial charge on any atom is 0.404 e. The number of ether oxygens (including phenoxy) is 2. The van der Waals surface area contributed by atoms with Crippen LogP contribution in [0.5, 0.6) is 11.5 Å². The van der Waals surface area contributed by atoms with Crippen molar-refractivity contribution >= 4 is 34.8 Å². The standard InChI is InChI=1S/C14H19IN2O6/c15-10-3-4-11(22-7-1-5-16-13(18)19)12(9-10)23-8-2-6-17-14(20)21/h3-4,9,16-17H,1-2,5-8H2,(H,18,19)(H,20,21). The molecule has 1 aromatic carbocycles. The summed E-state index contributed by atoms with van der Waals surface area (Å²) in [5, 5.41) is 21.5. The second-order valence-corrected chi connectivity index (χ2v) is 5.70. The van der Waals surface area contributed by atoms with E-state index in [0.717, 1.165) is 3.57 Å². The van der Waals surface area contributed by atoms with Gasteiger partial charge in [0.2, 0.25) is 0 Å². The van der Waals surface area contributed by atoms with Crippen LogP contribution in [-0.4, -0.2) is 48.7 Å². The number of benzene rings is 1. The molecule has 0 aliphatic carbocycles. The maximum atomic E-state index is 10.3. The first-order valence-electron chi connectivity index (χ1n) is 6.98. The number of rotatable bonds is 10. The number of halogens is 1. The molecule has 0 aliphatic rings. The zero-order valence-corrected chi connectivity index (χ0v) is 14.5. The van der Waals surface area contributed by atoms with Crippen molar-refractivity contribution in [3.8, 4) is 11.5 Å². The van der Waals surface area contributed by atoms with Gasteiger partial charge < -0.3 is 30.3 Å². The molecule has 0 radical (unpaired) electrons. The van der Waals surface area contributed by atoms with Gasteiger partial charge in [-0.15, -0.1) is 0 Å². The van der Waals surface area contributed by atoms with E-state index < -0.39 is 12.2 Å². The van der Waals surface area contributed by atoms with E-state index in [1.54, 1.807) is 6.07 Å². The first-order valence-corrected chi connectivity index (χ1v) is 8.05. The van der Waals surface area contributed by atoms with E-state index in [9.17, 15) is 9.59 Å². The molecule has 9 heteroatoms. The molecule has 8 nitrogen and oxygen atoms in total. The Morgan fingerprint density at radius 2 is 1.48 bits per heavy atom. The van der Waals surface area contributed by atoms with Gasteiger partial charge in [0.05, 0.1) is 13.2 Å². The lowest BCUT2D eigenvalue weighted by molar-refractivity contribution is 0.191. The minimum absolute atomic E-state index is 0.316. The zero-order valence-electron chi connectivity index (χ0n) is 12.4. The van der Waals surface area contributed by atoms with E-state index in [1.807, 2.05) is 12.1 Å². The highest BCUT2D eigenvalue weighted by molar-refractivity contribution is 14.1. The first-order chi connectivity index (χ1) is 11.0. The molecule has 23 heavy (non-hydrogen) atoms. The van der Waals surface area contributed by atoms with E-state index in [4.69, 9.17) is 19.7 Å².